The van der Waals surface area contributed by atoms with E-state index in [9.17, 15) is 5.11 Å². The molecule has 6 nitrogen and oxygen atoms in total. The minimum atomic E-state index is 0.0950. The average Bonchev–Trinajstić information content (AvgIpc) is 2.84. The topological polar surface area (TPSA) is 73.1 Å². The van der Waals surface area contributed by atoms with Crippen LogP contribution in [0.4, 0.5) is 0 Å². The molecule has 2 aromatic rings. The Morgan fingerprint density at radius 2 is 2.00 bits per heavy atom. The molecular formula is C13H18N4O2. The van der Waals surface area contributed by atoms with Crippen LogP contribution >= 0.6 is 0 Å². The molecule has 0 aliphatic carbocycles. The zero-order valence-corrected chi connectivity index (χ0v) is 11.2. The van der Waals surface area contributed by atoms with Gasteiger partial charge in [-0.3, -0.25) is 0 Å². The number of aliphatic hydroxyl groups excluding tert-OH is 1. The summed E-state index contributed by atoms with van der Waals surface area (Å²) in [6.07, 6.45) is 1.40. The van der Waals surface area contributed by atoms with E-state index in [1.807, 2.05) is 24.3 Å². The van der Waals surface area contributed by atoms with E-state index in [1.165, 1.54) is 4.80 Å². The lowest BCUT2D eigenvalue weighted by Crippen LogP contribution is -2.14. The zero-order chi connectivity index (χ0) is 13.7. The molecule has 1 N–H and O–H groups in total. The standard InChI is InChI=1S/C13H18N4O2/c1-17-15-13(14-16-17)8-11(9-18)7-10-3-5-12(19-2)6-4-10/h3-6,11,18H,7-9H2,1-2H3. The van der Waals surface area contributed by atoms with Crippen molar-refractivity contribution >= 4 is 0 Å². The third kappa shape index (κ3) is 3.75. The zero-order valence-electron chi connectivity index (χ0n) is 11.2. The van der Waals surface area contributed by atoms with Crippen molar-refractivity contribution in [2.75, 3.05) is 13.7 Å². The molecule has 0 bridgehead atoms. The van der Waals surface area contributed by atoms with E-state index < -0.39 is 0 Å². The highest BCUT2D eigenvalue weighted by atomic mass is 16.5. The average molecular weight is 262 g/mol. The number of rotatable bonds is 6. The number of aromatic nitrogens is 4. The highest BCUT2D eigenvalue weighted by Crippen LogP contribution is 2.16. The summed E-state index contributed by atoms with van der Waals surface area (Å²) >= 11 is 0. The molecule has 1 aromatic heterocycles. The lowest BCUT2D eigenvalue weighted by Gasteiger charge is -2.12. The van der Waals surface area contributed by atoms with Gasteiger partial charge in [0.2, 0.25) is 0 Å². The molecule has 102 valence electrons. The summed E-state index contributed by atoms with van der Waals surface area (Å²) in [5, 5.41) is 21.3. The number of nitrogens with zero attached hydrogens (tertiary/aromatic N) is 4. The van der Waals surface area contributed by atoms with E-state index in [4.69, 9.17) is 4.74 Å². The second kappa shape index (κ2) is 6.29. The van der Waals surface area contributed by atoms with Crippen LogP contribution in [0.25, 0.3) is 0 Å². The van der Waals surface area contributed by atoms with Crippen LogP contribution in [0.5, 0.6) is 5.75 Å². The van der Waals surface area contributed by atoms with Gasteiger partial charge in [0.05, 0.1) is 14.2 Å². The molecule has 0 aliphatic heterocycles. The molecular weight excluding hydrogens is 244 g/mol. The fraction of sp³-hybridized carbons (Fsp3) is 0.462. The first-order valence-electron chi connectivity index (χ1n) is 6.18. The normalized spacial score (nSPS) is 12.4. The first kappa shape index (κ1) is 13.5. The van der Waals surface area contributed by atoms with Crippen molar-refractivity contribution in [1.29, 1.82) is 0 Å². The van der Waals surface area contributed by atoms with Gasteiger partial charge in [0, 0.05) is 13.0 Å². The third-order valence-electron chi connectivity index (χ3n) is 2.96. The Balaban J connectivity index is 1.97. The van der Waals surface area contributed by atoms with Crippen LogP contribution < -0.4 is 4.74 Å². The maximum absolute atomic E-state index is 9.45. The summed E-state index contributed by atoms with van der Waals surface area (Å²) in [5.41, 5.74) is 1.16. The molecule has 1 heterocycles. The lowest BCUT2D eigenvalue weighted by molar-refractivity contribution is 0.223. The number of methoxy groups -OCH3 is 1. The van der Waals surface area contributed by atoms with Gasteiger partial charge in [0.15, 0.2) is 5.82 Å². The molecule has 0 aliphatic rings. The molecule has 0 amide bonds. The van der Waals surface area contributed by atoms with Crippen LogP contribution in [0, 0.1) is 5.92 Å². The Bertz CT molecular complexity index is 510. The van der Waals surface area contributed by atoms with Gasteiger partial charge in [-0.05, 0) is 35.2 Å². The summed E-state index contributed by atoms with van der Waals surface area (Å²) in [5.74, 6) is 1.59. The quantitative estimate of drug-likeness (QED) is 0.826. The van der Waals surface area contributed by atoms with Gasteiger partial charge in [-0.25, -0.2) is 0 Å². The van der Waals surface area contributed by atoms with Crippen LogP contribution in [-0.2, 0) is 19.9 Å². The van der Waals surface area contributed by atoms with Gasteiger partial charge in [-0.15, -0.1) is 10.2 Å². The smallest absolute Gasteiger partial charge is 0.175 e. The summed E-state index contributed by atoms with van der Waals surface area (Å²) in [4.78, 5) is 1.43. The van der Waals surface area contributed by atoms with Crippen molar-refractivity contribution in [3.05, 3.63) is 35.7 Å². The van der Waals surface area contributed by atoms with Crippen LogP contribution in [0.2, 0.25) is 0 Å². The molecule has 0 fully saturated rings. The van der Waals surface area contributed by atoms with E-state index in [2.05, 4.69) is 15.4 Å². The van der Waals surface area contributed by atoms with Crippen LogP contribution in [0.15, 0.2) is 24.3 Å². The predicted molar refractivity (Wildman–Crippen MR) is 69.8 cm³/mol. The minimum absolute atomic E-state index is 0.0950. The predicted octanol–water partition coefficient (Wildman–Crippen LogP) is 0.612. The molecule has 0 saturated heterocycles. The van der Waals surface area contributed by atoms with Crippen molar-refractivity contribution in [3.63, 3.8) is 0 Å². The first-order valence-corrected chi connectivity index (χ1v) is 6.18. The first-order chi connectivity index (χ1) is 9.21. The van der Waals surface area contributed by atoms with Crippen LogP contribution in [-0.4, -0.2) is 39.0 Å². The number of ether oxygens (including phenoxy) is 1. The maximum Gasteiger partial charge on any atom is 0.175 e. The molecule has 1 unspecified atom stereocenters. The summed E-state index contributed by atoms with van der Waals surface area (Å²) in [6.45, 7) is 0.101. The fourth-order valence-electron chi connectivity index (χ4n) is 1.96. The van der Waals surface area contributed by atoms with E-state index in [1.54, 1.807) is 14.2 Å². The molecule has 6 heteroatoms. The Morgan fingerprint density at radius 3 is 2.53 bits per heavy atom. The minimum Gasteiger partial charge on any atom is -0.497 e. The Hall–Kier alpha value is -1.95. The number of aliphatic hydroxyl groups is 1. The van der Waals surface area contributed by atoms with Gasteiger partial charge in [-0.1, -0.05) is 12.1 Å². The molecule has 0 saturated carbocycles. The van der Waals surface area contributed by atoms with Gasteiger partial charge in [0.1, 0.15) is 5.75 Å². The Labute approximate surface area is 112 Å². The second-order valence-corrected chi connectivity index (χ2v) is 4.50. The summed E-state index contributed by atoms with van der Waals surface area (Å²) < 4.78 is 5.12. The molecule has 0 radical (unpaired) electrons. The summed E-state index contributed by atoms with van der Waals surface area (Å²) in [7, 11) is 3.37. The Kier molecular flexibility index (Phi) is 4.46. The molecule has 2 rings (SSSR count). The molecule has 0 spiro atoms. The van der Waals surface area contributed by atoms with Crippen molar-refractivity contribution in [2.24, 2.45) is 13.0 Å². The Morgan fingerprint density at radius 1 is 1.26 bits per heavy atom. The largest absolute Gasteiger partial charge is 0.497 e. The molecule has 1 aromatic carbocycles. The van der Waals surface area contributed by atoms with Gasteiger partial charge >= 0.3 is 0 Å². The maximum atomic E-state index is 9.45. The highest BCUT2D eigenvalue weighted by molar-refractivity contribution is 5.27. The SMILES string of the molecule is COc1ccc(CC(CO)Cc2nnn(C)n2)cc1. The van der Waals surface area contributed by atoms with Crippen molar-refractivity contribution in [3.8, 4) is 5.75 Å². The monoisotopic (exact) mass is 262 g/mol. The highest BCUT2D eigenvalue weighted by Gasteiger charge is 2.13. The molecule has 19 heavy (non-hydrogen) atoms. The van der Waals surface area contributed by atoms with E-state index in [-0.39, 0.29) is 12.5 Å². The number of aryl methyl sites for hydroxylation is 1. The van der Waals surface area contributed by atoms with Crippen LogP contribution in [0.1, 0.15) is 11.4 Å². The molecule has 1 atom stereocenters. The number of tetrazole rings is 1. The fourth-order valence-corrected chi connectivity index (χ4v) is 1.96. The van der Waals surface area contributed by atoms with Gasteiger partial charge in [0.25, 0.3) is 0 Å². The van der Waals surface area contributed by atoms with E-state index in [0.717, 1.165) is 17.7 Å². The number of benzene rings is 1. The van der Waals surface area contributed by atoms with Gasteiger partial charge in [-0.2, -0.15) is 4.80 Å². The van der Waals surface area contributed by atoms with E-state index in [0.29, 0.717) is 12.2 Å². The van der Waals surface area contributed by atoms with E-state index >= 15 is 0 Å². The van der Waals surface area contributed by atoms with Crippen molar-refractivity contribution in [2.45, 2.75) is 12.8 Å². The number of hydrogen-bond donors (Lipinski definition) is 1. The van der Waals surface area contributed by atoms with Gasteiger partial charge < -0.3 is 9.84 Å². The third-order valence-corrected chi connectivity index (χ3v) is 2.96. The summed E-state index contributed by atoms with van der Waals surface area (Å²) in [6, 6.07) is 7.85. The second-order valence-electron chi connectivity index (χ2n) is 4.50. The number of hydrogen-bond acceptors (Lipinski definition) is 5. The lowest BCUT2D eigenvalue weighted by atomic mass is 9.97. The van der Waals surface area contributed by atoms with Crippen molar-refractivity contribution < 1.29 is 9.84 Å². The van der Waals surface area contributed by atoms with Crippen LogP contribution in [0.3, 0.4) is 0 Å². The van der Waals surface area contributed by atoms with Crippen molar-refractivity contribution in [1.82, 2.24) is 20.2 Å².